The first-order chi connectivity index (χ1) is 30.4. The van der Waals surface area contributed by atoms with Gasteiger partial charge < -0.3 is 39.9 Å². The molecule has 0 spiro atoms. The molecule has 3 amide bonds. The summed E-state index contributed by atoms with van der Waals surface area (Å²) in [5.41, 5.74) is 15.9. The summed E-state index contributed by atoms with van der Waals surface area (Å²) in [5.74, 6) is -2.16. The van der Waals surface area contributed by atoms with Crippen molar-refractivity contribution in [3.8, 4) is 0 Å². The number of aliphatic hydroxyl groups excluding tert-OH is 1. The van der Waals surface area contributed by atoms with E-state index in [1.54, 1.807) is 18.0 Å². The Labute approximate surface area is 367 Å². The third-order valence-corrected chi connectivity index (χ3v) is 12.7. The molecule has 4 aliphatic rings. The van der Waals surface area contributed by atoms with Crippen LogP contribution in [0.2, 0.25) is 0 Å². The zero-order valence-corrected chi connectivity index (χ0v) is 37.3. The van der Waals surface area contributed by atoms with E-state index in [1.165, 1.54) is 4.90 Å². The fourth-order valence-corrected chi connectivity index (χ4v) is 8.91. The summed E-state index contributed by atoms with van der Waals surface area (Å²) in [7, 11) is 1.73. The maximum atomic E-state index is 15.0. The van der Waals surface area contributed by atoms with Gasteiger partial charge in [-0.25, -0.2) is 4.98 Å². The van der Waals surface area contributed by atoms with Crippen LogP contribution < -0.4 is 5.73 Å². The number of hydrogen-bond acceptors (Lipinski definition) is 12. The highest BCUT2D eigenvalue weighted by Crippen LogP contribution is 2.44. The average Bonchev–Trinajstić information content (AvgIpc) is 3.95. The van der Waals surface area contributed by atoms with E-state index >= 15 is 4.79 Å². The van der Waals surface area contributed by atoms with Crippen LogP contribution in [0.15, 0.2) is 24.3 Å². The number of H-pyrrole nitrogens is 2. The fraction of sp³-hybridized carbons (Fsp3) is 0.489. The van der Waals surface area contributed by atoms with Crippen molar-refractivity contribution < 1.29 is 38.5 Å². The highest BCUT2D eigenvalue weighted by atomic mass is 16.5. The van der Waals surface area contributed by atoms with Crippen molar-refractivity contribution in [3.63, 3.8) is 0 Å². The lowest BCUT2D eigenvalue weighted by Crippen LogP contribution is -2.47. The van der Waals surface area contributed by atoms with Gasteiger partial charge in [0.25, 0.3) is 11.8 Å². The first kappa shape index (κ1) is 45.5. The molecule has 1 fully saturated rings. The molecule has 5 N–H and O–H groups in total. The van der Waals surface area contributed by atoms with Crippen molar-refractivity contribution >= 4 is 63.0 Å². The summed E-state index contributed by atoms with van der Waals surface area (Å²) in [6.07, 6.45) is 4.40. The first-order valence-electron chi connectivity index (χ1n) is 22.0. The lowest BCUT2D eigenvalue weighted by molar-refractivity contribution is -0.144. The van der Waals surface area contributed by atoms with Crippen LogP contribution in [0, 0.1) is 13.8 Å². The molecular weight excluding hydrogens is 805 g/mol. The van der Waals surface area contributed by atoms with Crippen molar-refractivity contribution in [2.75, 3.05) is 86.0 Å². The number of aryl methyl sites for hydroxylation is 2. The van der Waals surface area contributed by atoms with Crippen molar-refractivity contribution in [1.29, 1.82) is 0 Å². The topological polar surface area (TPSA) is 209 Å². The monoisotopic (exact) mass is 864 g/mol. The van der Waals surface area contributed by atoms with E-state index in [2.05, 4.69) is 21.8 Å². The minimum atomic E-state index is -0.467. The molecule has 0 aliphatic carbocycles. The van der Waals surface area contributed by atoms with E-state index in [4.69, 9.17) is 29.9 Å². The van der Waals surface area contributed by atoms with Gasteiger partial charge in [-0.1, -0.05) is 13.8 Å². The summed E-state index contributed by atoms with van der Waals surface area (Å²) >= 11 is 0. The second-order valence-electron chi connectivity index (χ2n) is 16.6. The minimum Gasteiger partial charge on any atom is -0.463 e. The van der Waals surface area contributed by atoms with E-state index in [1.807, 2.05) is 52.0 Å². The molecule has 1 saturated heterocycles. The Kier molecular flexibility index (Phi) is 14.4. The minimum absolute atomic E-state index is 0.0270. The standard InChI is InChI=1S/C47H60N8O8/c1-7-31-27(2)35-25-39-32(8-10-40(57)53(6)15-20-61-19-12-48)28(3)34(50-39)24-36-29(4)33(9-11-41(58)63-23-18-56)44(51-36)43-45-42(30(5)37(52-45)26-38(31)49-35)46(59)55(47(43)60)14-13-54-16-21-62-22-17-54/h8,10,24-26,29,33,50,52,56H,7,9,11-23,48H2,1-6H3/b10-8+,34-24?,35-25?,36-24?,37-26?,38-26?,39-25?,44-43?/t29-,33-/m0/s1. The normalized spacial score (nSPS) is 17.9. The van der Waals surface area contributed by atoms with E-state index in [-0.39, 0.29) is 43.9 Å². The molecule has 336 valence electrons. The van der Waals surface area contributed by atoms with Crippen molar-refractivity contribution in [3.05, 3.63) is 74.9 Å². The molecule has 3 aromatic rings. The second-order valence-corrected chi connectivity index (χ2v) is 16.6. The van der Waals surface area contributed by atoms with Gasteiger partial charge >= 0.3 is 5.97 Å². The molecule has 0 unspecified atom stereocenters. The fourth-order valence-electron chi connectivity index (χ4n) is 8.91. The number of carbonyl (C=O) groups excluding carboxylic acids is 4. The van der Waals surface area contributed by atoms with Gasteiger partial charge in [-0.2, -0.15) is 0 Å². The quantitative estimate of drug-likeness (QED) is 0.0660. The van der Waals surface area contributed by atoms with Crippen LogP contribution in [0.3, 0.4) is 0 Å². The number of nitrogens with zero attached hydrogens (tertiary/aromatic N) is 5. The Bertz CT molecular complexity index is 2500. The Morgan fingerprint density at radius 2 is 1.70 bits per heavy atom. The van der Waals surface area contributed by atoms with Gasteiger partial charge in [-0.3, -0.25) is 34.0 Å². The molecule has 7 rings (SSSR count). The van der Waals surface area contributed by atoms with Crippen molar-refractivity contribution in [2.24, 2.45) is 5.73 Å². The highest BCUT2D eigenvalue weighted by Gasteiger charge is 2.41. The lowest BCUT2D eigenvalue weighted by atomic mass is 9.84. The zero-order valence-electron chi connectivity index (χ0n) is 37.3. The number of allylic oxidation sites excluding steroid dienone is 2. The van der Waals surface area contributed by atoms with E-state index in [0.29, 0.717) is 111 Å². The van der Waals surface area contributed by atoms with Crippen LogP contribution in [0.1, 0.15) is 112 Å². The number of fused-ring (bicyclic) bond motifs is 8. The maximum Gasteiger partial charge on any atom is 0.305 e. The molecule has 4 aliphatic heterocycles. The molecule has 0 saturated carbocycles. The van der Waals surface area contributed by atoms with E-state index in [9.17, 15) is 19.5 Å². The van der Waals surface area contributed by atoms with Crippen LogP contribution in [-0.4, -0.2) is 149 Å². The molecule has 0 aromatic carbocycles. The molecule has 63 heavy (non-hydrogen) atoms. The number of aromatic amines is 2. The number of amides is 3. The van der Waals surface area contributed by atoms with Crippen LogP contribution in [0.5, 0.6) is 0 Å². The molecule has 16 heteroatoms. The van der Waals surface area contributed by atoms with Gasteiger partial charge in [0.05, 0.1) is 66.8 Å². The van der Waals surface area contributed by atoms with Crippen LogP contribution >= 0.6 is 0 Å². The SMILES string of the molecule is CCC1=C(C)c2cc3[nH]c(cc4nc(c5c6[nH]c(cc1n2)c(C)c6C(=O)N(CCN1CCOCC1)C5=O)[C@@H](CCC(=O)OCCO)[C@@H]4C)c(C)c3/C=C/C(=O)N(C)CCOCCN. The molecule has 16 nitrogen and oxygen atoms in total. The predicted octanol–water partition coefficient (Wildman–Crippen LogP) is 4.85. The lowest BCUT2D eigenvalue weighted by Gasteiger charge is -2.31. The molecular formula is C47H60N8O8. The summed E-state index contributed by atoms with van der Waals surface area (Å²) < 4.78 is 16.3. The van der Waals surface area contributed by atoms with Crippen LogP contribution in [0.4, 0.5) is 0 Å². The van der Waals surface area contributed by atoms with Crippen LogP contribution in [-0.2, 0) is 23.8 Å². The number of rotatable bonds is 16. The van der Waals surface area contributed by atoms with Gasteiger partial charge in [-0.05, 0) is 80.2 Å². The summed E-state index contributed by atoms with van der Waals surface area (Å²) in [5, 5.41) is 9.32. The smallest absolute Gasteiger partial charge is 0.305 e. The third kappa shape index (κ3) is 9.41. The predicted molar refractivity (Wildman–Crippen MR) is 241 cm³/mol. The number of nitrogens with one attached hydrogen (secondary N) is 2. The van der Waals surface area contributed by atoms with Gasteiger partial charge in [0.2, 0.25) is 5.91 Å². The Hall–Kier alpha value is -5.52. The van der Waals surface area contributed by atoms with Crippen molar-refractivity contribution in [1.82, 2.24) is 34.6 Å². The molecule has 3 aromatic heterocycles. The Morgan fingerprint density at radius 1 is 0.968 bits per heavy atom. The van der Waals surface area contributed by atoms with Gasteiger partial charge in [0, 0.05) is 98.5 Å². The first-order valence-corrected chi connectivity index (χ1v) is 22.0. The zero-order chi connectivity index (χ0) is 44.9. The highest BCUT2D eigenvalue weighted by molar-refractivity contribution is 6.23. The number of imide groups is 1. The number of esters is 1. The van der Waals surface area contributed by atoms with Crippen molar-refractivity contribution in [2.45, 2.75) is 65.7 Å². The second kappa shape index (κ2) is 19.9. The number of morpholine rings is 1. The molecule has 0 radical (unpaired) electrons. The largest absolute Gasteiger partial charge is 0.463 e. The maximum absolute atomic E-state index is 15.0. The van der Waals surface area contributed by atoms with Gasteiger partial charge in [0.1, 0.15) is 6.61 Å². The number of hydrogen-bond donors (Lipinski definition) is 4. The number of nitrogens with two attached hydrogens (primary N) is 1. The number of carbonyl (C=O) groups is 4. The number of aliphatic hydroxyl groups is 1. The summed E-state index contributed by atoms with van der Waals surface area (Å²) in [4.78, 5) is 78.5. The summed E-state index contributed by atoms with van der Waals surface area (Å²) in [6.45, 7) is 14.5. The summed E-state index contributed by atoms with van der Waals surface area (Å²) in [6, 6.07) is 5.92. The Morgan fingerprint density at radius 3 is 2.43 bits per heavy atom. The third-order valence-electron chi connectivity index (χ3n) is 12.7. The van der Waals surface area contributed by atoms with Crippen LogP contribution in [0.25, 0.3) is 39.3 Å². The Balaban J connectivity index is 1.46. The van der Waals surface area contributed by atoms with E-state index in [0.717, 1.165) is 44.7 Å². The number of aromatic nitrogens is 4. The van der Waals surface area contributed by atoms with Gasteiger partial charge in [0.15, 0.2) is 0 Å². The van der Waals surface area contributed by atoms with E-state index < -0.39 is 17.8 Å². The number of ether oxygens (including phenoxy) is 3. The average molecular weight is 865 g/mol. The molecule has 2 atom stereocenters. The number of likely N-dealkylation sites (N-methyl/N-ethyl adjacent to an activating group) is 1. The molecule has 7 heterocycles. The van der Waals surface area contributed by atoms with Gasteiger partial charge in [-0.15, -0.1) is 0 Å². The molecule has 8 bridgehead atoms.